The van der Waals surface area contributed by atoms with Gasteiger partial charge in [-0.2, -0.15) is 0 Å². The van der Waals surface area contributed by atoms with Gasteiger partial charge in [0.2, 0.25) is 0 Å². The molecule has 0 bridgehead atoms. The van der Waals surface area contributed by atoms with Crippen LogP contribution in [0.5, 0.6) is 0 Å². The van der Waals surface area contributed by atoms with Crippen LogP contribution in [0.2, 0.25) is 10.0 Å². The van der Waals surface area contributed by atoms with E-state index in [-0.39, 0.29) is 0 Å². The van der Waals surface area contributed by atoms with Gasteiger partial charge in [-0.1, -0.05) is 49.9 Å². The van der Waals surface area contributed by atoms with Crippen molar-refractivity contribution in [2.45, 2.75) is 52.4 Å². The lowest BCUT2D eigenvalue weighted by Gasteiger charge is -2.19. The zero-order chi connectivity index (χ0) is 14.1. The highest BCUT2D eigenvalue weighted by Crippen LogP contribution is 2.23. The molecule has 108 valence electrons. The summed E-state index contributed by atoms with van der Waals surface area (Å²) in [5.74, 6) is 0. The SMILES string of the molecule is CCCCC[NH+](CCCCC)c1ccc(Cl)c(Cl)c1. The van der Waals surface area contributed by atoms with Crippen LogP contribution in [-0.2, 0) is 0 Å². The van der Waals surface area contributed by atoms with Gasteiger partial charge in [-0.05, 0) is 31.7 Å². The molecule has 0 spiro atoms. The number of nitrogens with one attached hydrogen (secondary N) is 1. The second-order valence-corrected chi connectivity index (χ2v) is 5.96. The van der Waals surface area contributed by atoms with Crippen LogP contribution in [0.25, 0.3) is 0 Å². The van der Waals surface area contributed by atoms with Crippen molar-refractivity contribution in [3.05, 3.63) is 28.2 Å². The molecule has 3 heteroatoms. The highest BCUT2D eigenvalue weighted by Gasteiger charge is 2.13. The molecular formula is C16H26Cl2N+. The van der Waals surface area contributed by atoms with E-state index in [4.69, 9.17) is 23.2 Å². The minimum Gasteiger partial charge on any atom is -0.302 e. The summed E-state index contributed by atoms with van der Waals surface area (Å²) in [4.78, 5) is 1.54. The van der Waals surface area contributed by atoms with Crippen LogP contribution in [-0.4, -0.2) is 13.1 Å². The molecule has 0 aliphatic rings. The van der Waals surface area contributed by atoms with Gasteiger partial charge in [0.1, 0.15) is 5.69 Å². The molecule has 0 atom stereocenters. The lowest BCUT2D eigenvalue weighted by atomic mass is 10.2. The molecule has 0 radical (unpaired) electrons. The molecule has 1 nitrogen and oxygen atoms in total. The summed E-state index contributed by atoms with van der Waals surface area (Å²) in [6.45, 7) is 6.87. The number of rotatable bonds is 9. The first-order valence-corrected chi connectivity index (χ1v) is 8.24. The first-order valence-electron chi connectivity index (χ1n) is 7.49. The Balaban J connectivity index is 2.66. The quantitative estimate of drug-likeness (QED) is 0.619. The van der Waals surface area contributed by atoms with Gasteiger partial charge in [-0.3, -0.25) is 0 Å². The van der Waals surface area contributed by atoms with E-state index in [1.807, 2.05) is 12.1 Å². The van der Waals surface area contributed by atoms with Gasteiger partial charge in [0.15, 0.2) is 0 Å². The van der Waals surface area contributed by atoms with E-state index in [1.165, 1.54) is 57.3 Å². The van der Waals surface area contributed by atoms with E-state index < -0.39 is 0 Å². The Labute approximate surface area is 127 Å². The molecule has 0 saturated heterocycles. The molecule has 0 aromatic heterocycles. The zero-order valence-electron chi connectivity index (χ0n) is 12.1. The molecule has 0 aliphatic heterocycles. The minimum atomic E-state index is 0.645. The summed E-state index contributed by atoms with van der Waals surface area (Å²) in [5, 5.41) is 1.31. The van der Waals surface area contributed by atoms with Crippen molar-refractivity contribution in [3.63, 3.8) is 0 Å². The Kier molecular flexibility index (Phi) is 8.52. The van der Waals surface area contributed by atoms with Crippen molar-refractivity contribution in [2.75, 3.05) is 13.1 Å². The van der Waals surface area contributed by atoms with Crippen LogP contribution in [0.1, 0.15) is 52.4 Å². The Hall–Kier alpha value is -0.240. The smallest absolute Gasteiger partial charge is 0.132 e. The molecule has 0 unspecified atom stereocenters. The van der Waals surface area contributed by atoms with Gasteiger partial charge >= 0.3 is 0 Å². The number of benzene rings is 1. The maximum atomic E-state index is 6.14. The van der Waals surface area contributed by atoms with E-state index in [9.17, 15) is 0 Å². The van der Waals surface area contributed by atoms with Crippen LogP contribution >= 0.6 is 23.2 Å². The third-order valence-electron chi connectivity index (χ3n) is 3.49. The summed E-state index contributed by atoms with van der Waals surface area (Å²) < 4.78 is 0. The molecule has 1 N–H and O–H groups in total. The Morgan fingerprint density at radius 1 is 0.842 bits per heavy atom. The lowest BCUT2D eigenvalue weighted by molar-refractivity contribution is -0.833. The number of quaternary nitrogens is 1. The largest absolute Gasteiger partial charge is 0.302 e. The summed E-state index contributed by atoms with van der Waals surface area (Å²) in [7, 11) is 0. The Morgan fingerprint density at radius 2 is 1.42 bits per heavy atom. The maximum absolute atomic E-state index is 6.14. The van der Waals surface area contributed by atoms with Gasteiger partial charge in [0.25, 0.3) is 0 Å². The maximum Gasteiger partial charge on any atom is 0.132 e. The molecule has 19 heavy (non-hydrogen) atoms. The Morgan fingerprint density at radius 3 is 1.89 bits per heavy atom. The van der Waals surface area contributed by atoms with Crippen molar-refractivity contribution in [1.29, 1.82) is 0 Å². The molecule has 0 aliphatic carbocycles. The van der Waals surface area contributed by atoms with Crippen molar-refractivity contribution in [2.24, 2.45) is 0 Å². The third kappa shape index (κ3) is 6.16. The third-order valence-corrected chi connectivity index (χ3v) is 4.23. The highest BCUT2D eigenvalue weighted by molar-refractivity contribution is 6.42. The zero-order valence-corrected chi connectivity index (χ0v) is 13.7. The van der Waals surface area contributed by atoms with E-state index in [0.29, 0.717) is 10.0 Å². The molecule has 1 aromatic carbocycles. The fraction of sp³-hybridized carbons (Fsp3) is 0.625. The summed E-state index contributed by atoms with van der Waals surface area (Å²) in [5.41, 5.74) is 1.28. The van der Waals surface area contributed by atoms with Crippen LogP contribution in [0, 0.1) is 0 Å². The van der Waals surface area contributed by atoms with Crippen molar-refractivity contribution < 1.29 is 4.90 Å². The normalized spacial score (nSPS) is 11.2. The molecule has 0 saturated carbocycles. The first kappa shape index (κ1) is 16.8. The van der Waals surface area contributed by atoms with Crippen molar-refractivity contribution in [1.82, 2.24) is 0 Å². The predicted octanol–water partition coefficient (Wildman–Crippen LogP) is 4.89. The topological polar surface area (TPSA) is 4.44 Å². The van der Waals surface area contributed by atoms with E-state index in [2.05, 4.69) is 19.9 Å². The van der Waals surface area contributed by atoms with E-state index >= 15 is 0 Å². The lowest BCUT2D eigenvalue weighted by Crippen LogP contribution is -3.07. The summed E-state index contributed by atoms with van der Waals surface area (Å²) >= 11 is 12.1. The number of hydrogen-bond acceptors (Lipinski definition) is 0. The number of unbranched alkanes of at least 4 members (excludes halogenated alkanes) is 4. The summed E-state index contributed by atoms with van der Waals surface area (Å²) in [6, 6.07) is 6.05. The monoisotopic (exact) mass is 302 g/mol. The predicted molar refractivity (Wildman–Crippen MR) is 85.9 cm³/mol. The van der Waals surface area contributed by atoms with Crippen molar-refractivity contribution in [3.8, 4) is 0 Å². The molecule has 1 rings (SSSR count). The number of hydrogen-bond donors (Lipinski definition) is 1. The fourth-order valence-electron chi connectivity index (χ4n) is 2.31. The highest BCUT2D eigenvalue weighted by atomic mass is 35.5. The summed E-state index contributed by atoms with van der Waals surface area (Å²) in [6.07, 6.45) is 7.70. The van der Waals surface area contributed by atoms with Crippen LogP contribution < -0.4 is 4.90 Å². The van der Waals surface area contributed by atoms with Crippen LogP contribution in [0.4, 0.5) is 5.69 Å². The molecule has 0 amide bonds. The van der Waals surface area contributed by atoms with Gasteiger partial charge in [-0.15, -0.1) is 0 Å². The Bertz CT molecular complexity index is 356. The number of halogens is 2. The van der Waals surface area contributed by atoms with Gasteiger partial charge in [0.05, 0.1) is 23.1 Å². The van der Waals surface area contributed by atoms with Gasteiger partial charge < -0.3 is 4.90 Å². The molecule has 0 fully saturated rings. The molecule has 0 heterocycles. The standard InChI is InChI=1S/C16H25Cl2N/c1-3-5-7-11-19(12-8-6-4-2)14-9-10-15(17)16(18)13-14/h9-10,13H,3-8,11-12H2,1-2H3/p+1. The first-order chi connectivity index (χ1) is 9.19. The average Bonchev–Trinajstić information content (AvgIpc) is 2.41. The molecular weight excluding hydrogens is 277 g/mol. The van der Waals surface area contributed by atoms with Gasteiger partial charge in [0, 0.05) is 12.1 Å². The second-order valence-electron chi connectivity index (χ2n) is 5.15. The van der Waals surface area contributed by atoms with Crippen molar-refractivity contribution >= 4 is 28.9 Å². The fourth-order valence-corrected chi connectivity index (χ4v) is 2.60. The van der Waals surface area contributed by atoms with E-state index in [1.54, 1.807) is 4.90 Å². The van der Waals surface area contributed by atoms with E-state index in [0.717, 1.165) is 0 Å². The van der Waals surface area contributed by atoms with Gasteiger partial charge in [-0.25, -0.2) is 0 Å². The molecule has 1 aromatic rings. The van der Waals surface area contributed by atoms with Crippen LogP contribution in [0.15, 0.2) is 18.2 Å². The minimum absolute atomic E-state index is 0.645. The van der Waals surface area contributed by atoms with Crippen LogP contribution in [0.3, 0.4) is 0 Å². The second kappa shape index (κ2) is 9.63. The average molecular weight is 303 g/mol.